The fourth-order valence-corrected chi connectivity index (χ4v) is 2.17. The molecule has 3 rings (SSSR count). The zero-order valence-corrected chi connectivity index (χ0v) is 15.1. The topological polar surface area (TPSA) is 80.6 Å². The number of benzene rings is 1. The first kappa shape index (κ1) is 17.2. The minimum absolute atomic E-state index is 0. The first-order chi connectivity index (χ1) is 10.8. The van der Waals surface area contributed by atoms with Crippen LogP contribution in [0.1, 0.15) is 18.3 Å². The molecule has 3 aromatic rings. The Balaban J connectivity index is 0.00000192. The van der Waals surface area contributed by atoms with Gasteiger partial charge in [-0.1, -0.05) is 25.1 Å². The van der Waals surface area contributed by atoms with Crippen molar-refractivity contribution >= 4 is 41.3 Å². The summed E-state index contributed by atoms with van der Waals surface area (Å²) in [5.41, 5.74) is 8.93. The Morgan fingerprint density at radius 2 is 1.96 bits per heavy atom. The standard InChI is InChI=1S/C16H18N6.HI/c1-2-12-6-8-13(9-7-12)19-16(17)18-11-15-21-20-14-5-3-4-10-22(14)15;/h3-10H,2,11H2,1H3,(H3,17,18,19);1H. The van der Waals surface area contributed by atoms with Crippen molar-refractivity contribution in [2.24, 2.45) is 10.7 Å². The molecule has 1 aromatic carbocycles. The van der Waals surface area contributed by atoms with Crippen LogP contribution < -0.4 is 11.1 Å². The van der Waals surface area contributed by atoms with E-state index >= 15 is 0 Å². The van der Waals surface area contributed by atoms with Gasteiger partial charge in [-0.2, -0.15) is 0 Å². The Morgan fingerprint density at radius 3 is 2.70 bits per heavy atom. The monoisotopic (exact) mass is 422 g/mol. The average molecular weight is 422 g/mol. The number of fused-ring (bicyclic) bond motifs is 1. The van der Waals surface area contributed by atoms with Crippen molar-refractivity contribution < 1.29 is 0 Å². The second kappa shape index (κ2) is 7.91. The van der Waals surface area contributed by atoms with Crippen LogP contribution in [0.5, 0.6) is 0 Å². The van der Waals surface area contributed by atoms with Gasteiger partial charge in [0.05, 0.1) is 0 Å². The molecule has 2 aromatic heterocycles. The number of aromatic nitrogens is 3. The van der Waals surface area contributed by atoms with Crippen LogP contribution >= 0.6 is 24.0 Å². The third-order valence-corrected chi connectivity index (χ3v) is 3.41. The van der Waals surface area contributed by atoms with Gasteiger partial charge in [-0.05, 0) is 36.2 Å². The second-order valence-electron chi connectivity index (χ2n) is 4.92. The van der Waals surface area contributed by atoms with Crippen LogP contribution in [0.25, 0.3) is 5.65 Å². The molecule has 0 aliphatic carbocycles. The molecule has 7 heteroatoms. The molecule has 2 heterocycles. The van der Waals surface area contributed by atoms with Crippen LogP contribution in [0.2, 0.25) is 0 Å². The highest BCUT2D eigenvalue weighted by atomic mass is 127. The molecule has 0 bridgehead atoms. The summed E-state index contributed by atoms with van der Waals surface area (Å²) in [4.78, 5) is 4.31. The third kappa shape index (κ3) is 4.19. The zero-order valence-electron chi connectivity index (χ0n) is 12.8. The number of hydrogen-bond acceptors (Lipinski definition) is 3. The highest BCUT2D eigenvalue weighted by molar-refractivity contribution is 14.0. The van der Waals surface area contributed by atoms with E-state index in [0.717, 1.165) is 23.6 Å². The smallest absolute Gasteiger partial charge is 0.193 e. The molecule has 0 spiro atoms. The molecule has 0 radical (unpaired) electrons. The first-order valence-electron chi connectivity index (χ1n) is 7.21. The lowest BCUT2D eigenvalue weighted by atomic mass is 10.1. The predicted octanol–water partition coefficient (Wildman–Crippen LogP) is 2.84. The molecule has 0 amide bonds. The molecule has 0 saturated carbocycles. The Kier molecular flexibility index (Phi) is 5.91. The summed E-state index contributed by atoms with van der Waals surface area (Å²) in [5.74, 6) is 1.11. The SMILES string of the molecule is CCc1ccc(NC(N)=NCc2nnc3ccccn23)cc1.I. The minimum atomic E-state index is 0. The van der Waals surface area contributed by atoms with Gasteiger partial charge in [-0.25, -0.2) is 4.99 Å². The van der Waals surface area contributed by atoms with E-state index in [2.05, 4.69) is 39.6 Å². The van der Waals surface area contributed by atoms with Crippen LogP contribution in [-0.2, 0) is 13.0 Å². The van der Waals surface area contributed by atoms with Gasteiger partial charge in [-0.15, -0.1) is 34.2 Å². The first-order valence-corrected chi connectivity index (χ1v) is 7.21. The highest BCUT2D eigenvalue weighted by Gasteiger charge is 2.03. The molecule has 6 nitrogen and oxygen atoms in total. The molecule has 0 saturated heterocycles. The number of hydrogen-bond donors (Lipinski definition) is 2. The van der Waals surface area contributed by atoms with E-state index in [0.29, 0.717) is 12.5 Å². The number of aliphatic imine (C=N–C) groups is 1. The lowest BCUT2D eigenvalue weighted by Crippen LogP contribution is -2.22. The summed E-state index contributed by atoms with van der Waals surface area (Å²) in [5, 5.41) is 11.3. The van der Waals surface area contributed by atoms with Gasteiger partial charge in [0.25, 0.3) is 0 Å². The Bertz CT molecular complexity index is 794. The maximum absolute atomic E-state index is 5.92. The van der Waals surface area contributed by atoms with Crippen molar-refractivity contribution in [3.05, 3.63) is 60.0 Å². The van der Waals surface area contributed by atoms with E-state index in [-0.39, 0.29) is 24.0 Å². The fraction of sp³-hybridized carbons (Fsp3) is 0.188. The largest absolute Gasteiger partial charge is 0.370 e. The van der Waals surface area contributed by atoms with Gasteiger partial charge >= 0.3 is 0 Å². The maximum atomic E-state index is 5.92. The van der Waals surface area contributed by atoms with Gasteiger partial charge in [0.1, 0.15) is 6.54 Å². The second-order valence-corrected chi connectivity index (χ2v) is 4.92. The van der Waals surface area contributed by atoms with Crippen molar-refractivity contribution in [1.29, 1.82) is 0 Å². The number of anilines is 1. The van der Waals surface area contributed by atoms with Crippen molar-refractivity contribution in [3.8, 4) is 0 Å². The van der Waals surface area contributed by atoms with Gasteiger partial charge in [0, 0.05) is 11.9 Å². The van der Waals surface area contributed by atoms with Gasteiger partial charge in [0.2, 0.25) is 0 Å². The molecular formula is C16H19IN6. The fourth-order valence-electron chi connectivity index (χ4n) is 2.17. The average Bonchev–Trinajstić information content (AvgIpc) is 2.97. The number of aryl methyl sites for hydroxylation is 1. The quantitative estimate of drug-likeness (QED) is 0.385. The lowest BCUT2D eigenvalue weighted by molar-refractivity contribution is 0.881. The minimum Gasteiger partial charge on any atom is -0.370 e. The molecule has 23 heavy (non-hydrogen) atoms. The van der Waals surface area contributed by atoms with Crippen molar-refractivity contribution in [2.45, 2.75) is 19.9 Å². The zero-order chi connectivity index (χ0) is 15.4. The van der Waals surface area contributed by atoms with E-state index in [1.165, 1.54) is 5.56 Å². The van der Waals surface area contributed by atoms with Gasteiger partial charge < -0.3 is 11.1 Å². The molecule has 3 N–H and O–H groups in total. The van der Waals surface area contributed by atoms with E-state index in [4.69, 9.17) is 5.73 Å². The summed E-state index contributed by atoms with van der Waals surface area (Å²) >= 11 is 0. The number of pyridine rings is 1. The lowest BCUT2D eigenvalue weighted by Gasteiger charge is -2.06. The van der Waals surface area contributed by atoms with E-state index in [9.17, 15) is 0 Å². The summed E-state index contributed by atoms with van der Waals surface area (Å²) < 4.78 is 1.90. The number of nitrogens with zero attached hydrogens (tertiary/aromatic N) is 4. The number of nitrogens with two attached hydrogens (primary N) is 1. The van der Waals surface area contributed by atoms with Crippen molar-refractivity contribution in [3.63, 3.8) is 0 Å². The summed E-state index contributed by atoms with van der Waals surface area (Å²) in [7, 11) is 0. The summed E-state index contributed by atoms with van der Waals surface area (Å²) in [6, 6.07) is 13.9. The molecule has 0 unspecified atom stereocenters. The Hall–Kier alpha value is -2.16. The normalized spacial score (nSPS) is 11.3. The maximum Gasteiger partial charge on any atom is 0.193 e. The van der Waals surface area contributed by atoms with Crippen LogP contribution in [0, 0.1) is 0 Å². The Morgan fingerprint density at radius 1 is 1.17 bits per heavy atom. The van der Waals surface area contributed by atoms with Gasteiger partial charge in [0.15, 0.2) is 17.4 Å². The number of guanidine groups is 1. The summed E-state index contributed by atoms with van der Waals surface area (Å²) in [6.45, 7) is 2.50. The van der Waals surface area contributed by atoms with Crippen LogP contribution in [0.15, 0.2) is 53.7 Å². The summed E-state index contributed by atoms with van der Waals surface area (Å²) in [6.07, 6.45) is 2.93. The van der Waals surface area contributed by atoms with Crippen molar-refractivity contribution in [2.75, 3.05) is 5.32 Å². The molecule has 0 atom stereocenters. The predicted molar refractivity (Wildman–Crippen MR) is 103 cm³/mol. The highest BCUT2D eigenvalue weighted by Crippen LogP contribution is 2.10. The number of nitrogens with one attached hydrogen (secondary N) is 1. The molecule has 120 valence electrons. The molecule has 0 fully saturated rings. The molecule has 0 aliphatic heterocycles. The van der Waals surface area contributed by atoms with Crippen molar-refractivity contribution in [1.82, 2.24) is 14.6 Å². The molecule has 0 aliphatic rings. The van der Waals surface area contributed by atoms with E-state index < -0.39 is 0 Å². The third-order valence-electron chi connectivity index (χ3n) is 3.41. The van der Waals surface area contributed by atoms with Crippen LogP contribution in [0.4, 0.5) is 5.69 Å². The molecular weight excluding hydrogens is 403 g/mol. The van der Waals surface area contributed by atoms with Gasteiger partial charge in [-0.3, -0.25) is 4.40 Å². The van der Waals surface area contributed by atoms with E-state index in [1.807, 2.05) is 40.9 Å². The van der Waals surface area contributed by atoms with Crippen LogP contribution in [-0.4, -0.2) is 20.6 Å². The van der Waals surface area contributed by atoms with Crippen LogP contribution in [0.3, 0.4) is 0 Å². The number of halogens is 1. The Labute approximate surface area is 151 Å². The number of rotatable bonds is 4. The van der Waals surface area contributed by atoms with E-state index in [1.54, 1.807) is 0 Å².